The Bertz CT molecular complexity index is 524. The van der Waals surface area contributed by atoms with Crippen LogP contribution in [0.1, 0.15) is 24.2 Å². The third-order valence-electron chi connectivity index (χ3n) is 2.80. The minimum atomic E-state index is -1.40. The number of aromatic amines is 1. The van der Waals surface area contributed by atoms with Gasteiger partial charge in [0.25, 0.3) is 5.91 Å². The molecule has 8 nitrogen and oxygen atoms in total. The molecule has 1 aromatic heterocycles. The van der Waals surface area contributed by atoms with Crippen molar-refractivity contribution in [1.29, 1.82) is 0 Å². The normalized spacial score (nSPS) is 22.7. The number of aromatic nitrogens is 2. The van der Waals surface area contributed by atoms with Crippen molar-refractivity contribution in [1.82, 2.24) is 20.8 Å². The van der Waals surface area contributed by atoms with Gasteiger partial charge in [0.05, 0.1) is 5.69 Å². The molecule has 1 aromatic rings. The summed E-state index contributed by atoms with van der Waals surface area (Å²) in [6, 6.07) is 0.957. The second-order valence-electron chi connectivity index (χ2n) is 4.14. The van der Waals surface area contributed by atoms with Crippen LogP contribution < -0.4 is 10.6 Å². The molecular weight excluding hydrogens is 240 g/mol. The summed E-state index contributed by atoms with van der Waals surface area (Å²) in [5.74, 6) is -1.63. The summed E-state index contributed by atoms with van der Waals surface area (Å²) in [4.78, 5) is 33.8. The topological polar surface area (TPSA) is 124 Å². The van der Waals surface area contributed by atoms with E-state index in [0.29, 0.717) is 11.4 Å². The van der Waals surface area contributed by atoms with Gasteiger partial charge in [-0.3, -0.25) is 20.0 Å². The van der Waals surface area contributed by atoms with Crippen molar-refractivity contribution in [2.24, 2.45) is 0 Å². The molecule has 0 aromatic carbocycles. The number of rotatable bonds is 4. The molecule has 96 valence electrons. The molecule has 1 atom stereocenters. The Kier molecular flexibility index (Phi) is 2.77. The molecule has 8 heteroatoms. The zero-order chi connectivity index (χ0) is 13.3. The van der Waals surface area contributed by atoms with Crippen molar-refractivity contribution in [3.8, 4) is 0 Å². The number of carbonyl (C=O) groups is 3. The number of aliphatic carboxylic acids is 1. The molecule has 0 aliphatic carbocycles. The third-order valence-corrected chi connectivity index (χ3v) is 2.80. The zero-order valence-corrected chi connectivity index (χ0v) is 9.61. The lowest BCUT2D eigenvalue weighted by molar-refractivity contribution is -0.137. The Morgan fingerprint density at radius 3 is 2.67 bits per heavy atom. The molecule has 1 aliphatic rings. The van der Waals surface area contributed by atoms with Gasteiger partial charge in [-0.1, -0.05) is 0 Å². The van der Waals surface area contributed by atoms with Crippen molar-refractivity contribution < 1.29 is 19.5 Å². The summed E-state index contributed by atoms with van der Waals surface area (Å²) in [6.45, 7) is 1.75. The fourth-order valence-electron chi connectivity index (χ4n) is 1.91. The first kappa shape index (κ1) is 12.1. The van der Waals surface area contributed by atoms with Crippen LogP contribution in [0.3, 0.4) is 0 Å². The number of carbonyl (C=O) groups excluding carboxylic acids is 2. The average molecular weight is 252 g/mol. The molecule has 4 N–H and O–H groups in total. The second kappa shape index (κ2) is 4.13. The van der Waals surface area contributed by atoms with Gasteiger partial charge in [0.15, 0.2) is 5.54 Å². The van der Waals surface area contributed by atoms with Crippen molar-refractivity contribution in [2.45, 2.75) is 25.3 Å². The Hall–Kier alpha value is -2.38. The molecule has 1 unspecified atom stereocenters. The molecule has 1 aliphatic heterocycles. The van der Waals surface area contributed by atoms with Gasteiger partial charge in [-0.25, -0.2) is 4.79 Å². The highest BCUT2D eigenvalue weighted by Crippen LogP contribution is 2.28. The van der Waals surface area contributed by atoms with Gasteiger partial charge in [0, 0.05) is 12.1 Å². The van der Waals surface area contributed by atoms with Gasteiger partial charge in [-0.15, -0.1) is 0 Å². The predicted molar refractivity (Wildman–Crippen MR) is 58.5 cm³/mol. The lowest BCUT2D eigenvalue weighted by Crippen LogP contribution is -2.44. The average Bonchev–Trinajstić information content (AvgIpc) is 2.81. The van der Waals surface area contributed by atoms with Crippen molar-refractivity contribution in [3.63, 3.8) is 0 Å². The molecule has 2 heterocycles. The van der Waals surface area contributed by atoms with Gasteiger partial charge in [0.1, 0.15) is 0 Å². The molecule has 0 radical (unpaired) electrons. The smallest absolute Gasteiger partial charge is 0.322 e. The molecule has 1 saturated heterocycles. The maximum Gasteiger partial charge on any atom is 0.322 e. The molecule has 0 bridgehead atoms. The van der Waals surface area contributed by atoms with Gasteiger partial charge < -0.3 is 10.4 Å². The molecule has 1 fully saturated rings. The van der Waals surface area contributed by atoms with Crippen LogP contribution in [0.5, 0.6) is 0 Å². The molecule has 0 spiro atoms. The largest absolute Gasteiger partial charge is 0.481 e. The Morgan fingerprint density at radius 2 is 2.22 bits per heavy atom. The van der Waals surface area contributed by atoms with Crippen LogP contribution in [-0.2, 0) is 15.1 Å². The number of hydrogen-bond donors (Lipinski definition) is 4. The highest BCUT2D eigenvalue weighted by Gasteiger charge is 2.49. The summed E-state index contributed by atoms with van der Waals surface area (Å²) >= 11 is 0. The Balaban J connectivity index is 2.37. The van der Waals surface area contributed by atoms with Gasteiger partial charge in [0.2, 0.25) is 0 Å². The SMILES string of the molecule is Cc1cc(C2(CCC(=O)O)NC(=O)NC2=O)n[nH]1. The van der Waals surface area contributed by atoms with Crippen molar-refractivity contribution in [3.05, 3.63) is 17.5 Å². The summed E-state index contributed by atoms with van der Waals surface area (Å²) in [5, 5.41) is 19.9. The number of nitrogens with one attached hydrogen (secondary N) is 3. The van der Waals surface area contributed by atoms with Crippen molar-refractivity contribution >= 4 is 17.9 Å². The van der Waals surface area contributed by atoms with E-state index < -0.39 is 23.4 Å². The van der Waals surface area contributed by atoms with Crippen molar-refractivity contribution in [2.75, 3.05) is 0 Å². The van der Waals surface area contributed by atoms with Crippen LogP contribution in [0.4, 0.5) is 4.79 Å². The van der Waals surface area contributed by atoms with E-state index in [1.54, 1.807) is 13.0 Å². The monoisotopic (exact) mass is 252 g/mol. The highest BCUT2D eigenvalue weighted by atomic mass is 16.4. The van der Waals surface area contributed by atoms with E-state index in [0.717, 1.165) is 0 Å². The lowest BCUT2D eigenvalue weighted by atomic mass is 9.89. The third kappa shape index (κ3) is 1.92. The first-order valence-corrected chi connectivity index (χ1v) is 5.32. The quantitative estimate of drug-likeness (QED) is 0.543. The minimum Gasteiger partial charge on any atom is -0.481 e. The summed E-state index contributed by atoms with van der Waals surface area (Å²) < 4.78 is 0. The lowest BCUT2D eigenvalue weighted by Gasteiger charge is -2.22. The van der Waals surface area contributed by atoms with Crippen LogP contribution in [-0.4, -0.2) is 33.2 Å². The fraction of sp³-hybridized carbons (Fsp3) is 0.400. The van der Waals surface area contributed by atoms with Crippen LogP contribution in [0, 0.1) is 6.92 Å². The molecule has 2 rings (SSSR count). The van der Waals surface area contributed by atoms with Gasteiger partial charge in [-0.05, 0) is 19.4 Å². The number of hydrogen-bond acceptors (Lipinski definition) is 4. The molecule has 18 heavy (non-hydrogen) atoms. The van der Waals surface area contributed by atoms with Crippen LogP contribution >= 0.6 is 0 Å². The maximum absolute atomic E-state index is 11.9. The number of imide groups is 1. The van der Waals surface area contributed by atoms with E-state index in [9.17, 15) is 14.4 Å². The van der Waals surface area contributed by atoms with Gasteiger partial charge >= 0.3 is 12.0 Å². The fourth-order valence-corrected chi connectivity index (χ4v) is 1.91. The van der Waals surface area contributed by atoms with Crippen LogP contribution in [0.25, 0.3) is 0 Å². The summed E-state index contributed by atoms with van der Waals surface area (Å²) in [5.41, 5.74) is -0.376. The first-order chi connectivity index (χ1) is 8.44. The van der Waals surface area contributed by atoms with E-state index in [1.165, 1.54) is 0 Å². The van der Waals surface area contributed by atoms with E-state index in [-0.39, 0.29) is 12.8 Å². The number of H-pyrrole nitrogens is 1. The molecular formula is C10H12N4O4. The molecule has 0 saturated carbocycles. The van der Waals surface area contributed by atoms with Crippen LogP contribution in [0.15, 0.2) is 6.07 Å². The van der Waals surface area contributed by atoms with E-state index >= 15 is 0 Å². The zero-order valence-electron chi connectivity index (χ0n) is 9.61. The maximum atomic E-state index is 11.9. The standard InChI is InChI=1S/C10H12N4O4/c1-5-4-6(14-13-5)10(3-2-7(15)16)8(17)11-9(18)12-10/h4H,2-3H2,1H3,(H,13,14)(H,15,16)(H2,11,12,17,18). The number of carboxylic acid groups (broad SMARTS) is 1. The Morgan fingerprint density at radius 1 is 1.50 bits per heavy atom. The van der Waals surface area contributed by atoms with E-state index in [1.807, 2.05) is 0 Å². The summed E-state index contributed by atoms with van der Waals surface area (Å²) in [7, 11) is 0. The number of nitrogens with zero attached hydrogens (tertiary/aromatic N) is 1. The minimum absolute atomic E-state index is 0.0514. The van der Waals surface area contributed by atoms with Crippen LogP contribution in [0.2, 0.25) is 0 Å². The number of urea groups is 1. The second-order valence-corrected chi connectivity index (χ2v) is 4.14. The number of amides is 3. The highest BCUT2D eigenvalue weighted by molar-refractivity contribution is 6.07. The predicted octanol–water partition coefficient (Wildman–Crippen LogP) is -0.382. The number of carboxylic acids is 1. The summed E-state index contributed by atoms with van der Waals surface area (Å²) in [6.07, 6.45) is -0.302. The van der Waals surface area contributed by atoms with Gasteiger partial charge in [-0.2, -0.15) is 5.10 Å². The Labute approximate surface area is 102 Å². The van der Waals surface area contributed by atoms with E-state index in [2.05, 4.69) is 20.8 Å². The number of aryl methyl sites for hydroxylation is 1. The molecule has 3 amide bonds. The first-order valence-electron chi connectivity index (χ1n) is 5.32. The van der Waals surface area contributed by atoms with E-state index in [4.69, 9.17) is 5.11 Å².